The van der Waals surface area contributed by atoms with E-state index in [1.807, 2.05) is 47.8 Å². The van der Waals surface area contributed by atoms with Crippen LogP contribution in [-0.4, -0.2) is 9.96 Å². The van der Waals surface area contributed by atoms with E-state index in [9.17, 15) is 4.21 Å². The predicted octanol–water partition coefficient (Wildman–Crippen LogP) is 3.30. The number of thiophene rings is 1. The van der Waals surface area contributed by atoms with E-state index in [0.29, 0.717) is 11.5 Å². The fraction of sp³-hybridized carbons (Fsp3) is 0.143. The summed E-state index contributed by atoms with van der Waals surface area (Å²) in [5.74, 6) is 1.06. The second-order valence-corrected chi connectivity index (χ2v) is 6.91. The molecule has 0 bridgehead atoms. The van der Waals surface area contributed by atoms with Gasteiger partial charge in [-0.1, -0.05) is 24.3 Å². The van der Waals surface area contributed by atoms with Crippen LogP contribution in [0.2, 0.25) is 0 Å². The van der Waals surface area contributed by atoms with E-state index in [4.69, 9.17) is 10.2 Å². The lowest BCUT2D eigenvalue weighted by Gasteiger charge is -2.06. The van der Waals surface area contributed by atoms with Crippen LogP contribution in [0.15, 0.2) is 56.5 Å². The van der Waals surface area contributed by atoms with Crippen LogP contribution in [0.25, 0.3) is 11.0 Å². The molecule has 2 N–H and O–H groups in total. The van der Waals surface area contributed by atoms with Crippen molar-refractivity contribution in [3.8, 4) is 0 Å². The largest absolute Gasteiger partial charge is 0.459 e. The Labute approximate surface area is 117 Å². The third-order valence-corrected chi connectivity index (χ3v) is 5.62. The molecule has 98 valence electrons. The summed E-state index contributed by atoms with van der Waals surface area (Å²) in [5.41, 5.74) is 6.90. The van der Waals surface area contributed by atoms with Crippen LogP contribution in [-0.2, 0) is 10.8 Å². The molecule has 2 atom stereocenters. The zero-order valence-corrected chi connectivity index (χ0v) is 11.7. The average molecular weight is 291 g/mol. The first kappa shape index (κ1) is 12.6. The van der Waals surface area contributed by atoms with Crippen molar-refractivity contribution in [2.45, 2.75) is 10.3 Å². The molecule has 2 unspecified atom stereocenters. The minimum Gasteiger partial charge on any atom is -0.459 e. The van der Waals surface area contributed by atoms with Gasteiger partial charge in [-0.15, -0.1) is 11.3 Å². The number of nitrogens with two attached hydrogens (primary N) is 1. The molecule has 0 saturated heterocycles. The first-order chi connectivity index (χ1) is 9.24. The molecule has 0 radical (unpaired) electrons. The molecule has 0 spiro atoms. The summed E-state index contributed by atoms with van der Waals surface area (Å²) in [6.07, 6.45) is 0. The van der Waals surface area contributed by atoms with E-state index in [1.54, 1.807) is 0 Å². The van der Waals surface area contributed by atoms with Gasteiger partial charge in [-0.05, 0) is 23.6 Å². The zero-order valence-electron chi connectivity index (χ0n) is 10.1. The number of furan rings is 1. The van der Waals surface area contributed by atoms with E-state index in [0.717, 1.165) is 15.2 Å². The lowest BCUT2D eigenvalue weighted by Crippen LogP contribution is -2.17. The second-order valence-electron chi connectivity index (χ2n) is 4.24. The number of para-hydroxylation sites is 1. The molecule has 19 heavy (non-hydrogen) atoms. The molecule has 1 aromatic carbocycles. The maximum atomic E-state index is 12.1. The first-order valence-corrected chi connectivity index (χ1v) is 8.10. The molecular formula is C14H13NO2S2. The van der Waals surface area contributed by atoms with E-state index < -0.39 is 10.8 Å². The van der Waals surface area contributed by atoms with Crippen LogP contribution in [0.4, 0.5) is 0 Å². The van der Waals surface area contributed by atoms with Crippen LogP contribution < -0.4 is 5.73 Å². The summed E-state index contributed by atoms with van der Waals surface area (Å²) in [6.45, 7) is 0. The van der Waals surface area contributed by atoms with Gasteiger partial charge in [0.2, 0.25) is 0 Å². The summed E-state index contributed by atoms with van der Waals surface area (Å²) >= 11 is 1.49. The van der Waals surface area contributed by atoms with Gasteiger partial charge in [-0.25, -0.2) is 0 Å². The van der Waals surface area contributed by atoms with Crippen LogP contribution in [0, 0.1) is 0 Å². The molecule has 0 saturated carbocycles. The van der Waals surface area contributed by atoms with Crippen molar-refractivity contribution < 1.29 is 8.63 Å². The highest BCUT2D eigenvalue weighted by Crippen LogP contribution is 2.24. The maximum Gasteiger partial charge on any atom is 0.134 e. The Morgan fingerprint density at radius 3 is 2.84 bits per heavy atom. The molecule has 3 nitrogen and oxygen atoms in total. The normalized spacial score (nSPS) is 14.6. The fourth-order valence-electron chi connectivity index (χ4n) is 1.91. The molecule has 0 fully saturated rings. The molecule has 0 aliphatic carbocycles. The zero-order chi connectivity index (χ0) is 13.2. The average Bonchev–Trinajstić information content (AvgIpc) is 3.07. The van der Waals surface area contributed by atoms with Crippen LogP contribution in [0.1, 0.15) is 11.8 Å². The highest BCUT2D eigenvalue weighted by molar-refractivity contribution is 7.87. The van der Waals surface area contributed by atoms with Crippen molar-refractivity contribution in [3.63, 3.8) is 0 Å². The standard InChI is InChI=1S/C14H13NO2S2/c15-11(9-19(16)14-6-3-7-18-14)13-8-10-4-1-2-5-12(10)17-13/h1-8,11H,9,15H2. The second kappa shape index (κ2) is 5.28. The Balaban J connectivity index is 1.80. The van der Waals surface area contributed by atoms with Crippen LogP contribution >= 0.6 is 11.3 Å². The van der Waals surface area contributed by atoms with Crippen LogP contribution in [0.5, 0.6) is 0 Å². The van der Waals surface area contributed by atoms with Gasteiger partial charge >= 0.3 is 0 Å². The minimum atomic E-state index is -1.07. The molecule has 2 heterocycles. The van der Waals surface area contributed by atoms with E-state index >= 15 is 0 Å². The lowest BCUT2D eigenvalue weighted by atomic mass is 10.2. The molecule has 0 aliphatic heterocycles. The topological polar surface area (TPSA) is 56.2 Å². The van der Waals surface area contributed by atoms with Crippen LogP contribution in [0.3, 0.4) is 0 Å². The quantitative estimate of drug-likeness (QED) is 0.802. The van der Waals surface area contributed by atoms with Crippen molar-refractivity contribution in [2.75, 3.05) is 5.75 Å². The molecular weight excluding hydrogens is 278 g/mol. The summed E-state index contributed by atoms with van der Waals surface area (Å²) in [5, 5.41) is 2.94. The Hall–Kier alpha value is -1.43. The first-order valence-electron chi connectivity index (χ1n) is 5.90. The predicted molar refractivity (Wildman–Crippen MR) is 78.7 cm³/mol. The molecule has 0 aliphatic rings. The maximum absolute atomic E-state index is 12.1. The van der Waals surface area contributed by atoms with E-state index in [2.05, 4.69) is 0 Å². The molecule has 0 amide bonds. The fourth-order valence-corrected chi connectivity index (χ4v) is 4.04. The smallest absolute Gasteiger partial charge is 0.134 e. The summed E-state index contributed by atoms with van der Waals surface area (Å²) in [4.78, 5) is 0. The van der Waals surface area contributed by atoms with Gasteiger partial charge in [0.25, 0.3) is 0 Å². The third kappa shape index (κ3) is 2.63. The van der Waals surface area contributed by atoms with Gasteiger partial charge in [-0.3, -0.25) is 4.21 Å². The van der Waals surface area contributed by atoms with Crippen molar-refractivity contribution in [1.29, 1.82) is 0 Å². The van der Waals surface area contributed by atoms with Gasteiger partial charge in [0, 0.05) is 5.39 Å². The monoisotopic (exact) mass is 291 g/mol. The lowest BCUT2D eigenvalue weighted by molar-refractivity contribution is 0.514. The number of rotatable bonds is 4. The van der Waals surface area contributed by atoms with Gasteiger partial charge < -0.3 is 10.2 Å². The highest BCUT2D eigenvalue weighted by atomic mass is 32.2. The summed E-state index contributed by atoms with van der Waals surface area (Å²) < 4.78 is 18.6. The van der Waals surface area contributed by atoms with Crippen molar-refractivity contribution in [2.24, 2.45) is 5.73 Å². The molecule has 2 aromatic heterocycles. The highest BCUT2D eigenvalue weighted by Gasteiger charge is 2.16. The summed E-state index contributed by atoms with van der Waals surface area (Å²) in [6, 6.07) is 13.1. The van der Waals surface area contributed by atoms with Gasteiger partial charge in [0.05, 0.1) is 26.8 Å². The Kier molecular flexibility index (Phi) is 3.50. The number of benzene rings is 1. The summed E-state index contributed by atoms with van der Waals surface area (Å²) in [7, 11) is -1.07. The van der Waals surface area contributed by atoms with Crippen molar-refractivity contribution >= 4 is 33.1 Å². The number of hydrogen-bond donors (Lipinski definition) is 1. The molecule has 5 heteroatoms. The number of fused-ring (bicyclic) bond motifs is 1. The number of hydrogen-bond acceptors (Lipinski definition) is 4. The Morgan fingerprint density at radius 2 is 2.11 bits per heavy atom. The van der Waals surface area contributed by atoms with E-state index in [-0.39, 0.29) is 6.04 Å². The van der Waals surface area contributed by atoms with Crippen molar-refractivity contribution in [3.05, 3.63) is 53.6 Å². The molecule has 3 rings (SSSR count). The SMILES string of the molecule is NC(CS(=O)c1cccs1)c1cc2ccccc2o1. The minimum absolute atomic E-state index is 0.352. The Morgan fingerprint density at radius 1 is 1.26 bits per heavy atom. The van der Waals surface area contributed by atoms with Gasteiger partial charge in [-0.2, -0.15) is 0 Å². The van der Waals surface area contributed by atoms with Gasteiger partial charge in [0.1, 0.15) is 11.3 Å². The van der Waals surface area contributed by atoms with Gasteiger partial charge in [0.15, 0.2) is 0 Å². The van der Waals surface area contributed by atoms with E-state index in [1.165, 1.54) is 11.3 Å². The Bertz CT molecular complexity index is 670. The van der Waals surface area contributed by atoms with Crippen molar-refractivity contribution in [1.82, 2.24) is 0 Å². The third-order valence-electron chi connectivity index (χ3n) is 2.86. The molecule has 3 aromatic rings.